The molecule has 2 heteroatoms. The molecule has 4 bridgehead atoms. The zero-order valence-electron chi connectivity index (χ0n) is 22.3. The molecule has 192 valence electrons. The lowest BCUT2D eigenvalue weighted by atomic mass is 10.0. The molecule has 0 radical (unpaired) electrons. The first kappa shape index (κ1) is 27.2. The molecule has 0 amide bonds. The van der Waals surface area contributed by atoms with E-state index in [-0.39, 0.29) is 0 Å². The lowest BCUT2D eigenvalue weighted by molar-refractivity contribution is 0.386. The van der Waals surface area contributed by atoms with Gasteiger partial charge >= 0.3 is 0 Å². The number of fused-ring (bicyclic) bond motifs is 2. The van der Waals surface area contributed by atoms with Gasteiger partial charge in [-0.25, -0.2) is 0 Å². The monoisotopic (exact) mass is 466 g/mol. The average Bonchev–Trinajstić information content (AvgIpc) is 2.86. The van der Waals surface area contributed by atoms with Crippen LogP contribution in [0, 0.1) is 0 Å². The summed E-state index contributed by atoms with van der Waals surface area (Å²) in [4.78, 5) is 5.11. The lowest BCUT2D eigenvalue weighted by Gasteiger charge is -2.23. The van der Waals surface area contributed by atoms with E-state index in [9.17, 15) is 0 Å². The molecule has 0 spiro atoms. The molecule has 3 heterocycles. The van der Waals surface area contributed by atoms with Gasteiger partial charge in [0.05, 0.1) is 0 Å². The first-order valence-corrected chi connectivity index (χ1v) is 15.1. The molecule has 0 N–H and O–H groups in total. The number of allylic oxidation sites excluding steroid dienone is 4. The van der Waals surface area contributed by atoms with Crippen molar-refractivity contribution in [3.63, 3.8) is 0 Å². The Bertz CT molecular complexity index is 641. The van der Waals surface area contributed by atoms with E-state index in [1.54, 1.807) is 11.1 Å². The van der Waals surface area contributed by atoms with Crippen molar-refractivity contribution in [3.8, 4) is 0 Å². The second-order valence-corrected chi connectivity index (χ2v) is 11.1. The Balaban J connectivity index is 1.35. The van der Waals surface area contributed by atoms with Gasteiger partial charge in [-0.15, -0.1) is 0 Å². The minimum atomic E-state index is 1.12. The van der Waals surface area contributed by atoms with Crippen molar-refractivity contribution in [2.75, 3.05) is 26.2 Å². The summed E-state index contributed by atoms with van der Waals surface area (Å²) in [5.41, 5.74) is 3.12. The second kappa shape index (κ2) is 17.9. The van der Waals surface area contributed by atoms with Crippen molar-refractivity contribution in [2.24, 2.45) is 0 Å². The third-order valence-electron chi connectivity index (χ3n) is 7.86. The van der Waals surface area contributed by atoms with Gasteiger partial charge in [0.15, 0.2) is 0 Å². The molecule has 2 nitrogen and oxygen atoms in total. The van der Waals surface area contributed by atoms with Gasteiger partial charge in [0.1, 0.15) is 0 Å². The van der Waals surface area contributed by atoms with Crippen molar-refractivity contribution in [1.82, 2.24) is 9.80 Å². The molecular formula is C32H54N2. The van der Waals surface area contributed by atoms with Crippen LogP contribution in [-0.4, -0.2) is 36.0 Å². The summed E-state index contributed by atoms with van der Waals surface area (Å²) in [6, 6.07) is 0. The van der Waals surface area contributed by atoms with Crippen molar-refractivity contribution in [1.29, 1.82) is 0 Å². The van der Waals surface area contributed by atoms with Crippen LogP contribution in [0.1, 0.15) is 128 Å². The molecule has 0 saturated heterocycles. The van der Waals surface area contributed by atoms with Crippen molar-refractivity contribution in [3.05, 3.63) is 47.9 Å². The summed E-state index contributed by atoms with van der Waals surface area (Å²) in [6.45, 7) is 4.73. The molecule has 0 aliphatic carbocycles. The average molecular weight is 467 g/mol. The van der Waals surface area contributed by atoms with E-state index in [2.05, 4.69) is 46.5 Å². The summed E-state index contributed by atoms with van der Waals surface area (Å²) in [5, 5.41) is 0. The number of nitrogens with zero attached hydrogens (tertiary/aromatic N) is 2. The predicted octanol–water partition coefficient (Wildman–Crippen LogP) is 9.31. The Morgan fingerprint density at radius 3 is 1.09 bits per heavy atom. The Hall–Kier alpha value is -1.44. The molecule has 0 fully saturated rings. The largest absolute Gasteiger partial charge is 0.373 e. The van der Waals surface area contributed by atoms with E-state index in [0.717, 1.165) is 13.1 Å². The van der Waals surface area contributed by atoms with E-state index >= 15 is 0 Å². The highest BCUT2D eigenvalue weighted by Gasteiger charge is 2.07. The highest BCUT2D eigenvalue weighted by Crippen LogP contribution is 2.20. The van der Waals surface area contributed by atoms with E-state index < -0.39 is 0 Å². The van der Waals surface area contributed by atoms with Crippen LogP contribution in [-0.2, 0) is 0 Å². The second-order valence-electron chi connectivity index (χ2n) is 11.1. The maximum Gasteiger partial charge on any atom is 0.0357 e. The van der Waals surface area contributed by atoms with Crippen molar-refractivity contribution in [2.45, 2.75) is 128 Å². The minimum absolute atomic E-state index is 1.12. The van der Waals surface area contributed by atoms with E-state index in [4.69, 9.17) is 0 Å². The summed E-state index contributed by atoms with van der Waals surface area (Å²) in [7, 11) is 0. The Kier molecular flexibility index (Phi) is 14.3. The standard InChI is InChI=1S/C32H54N2/c1-2-5-9-13-17-25-33-27-20-24-32(30-33)22-16-12-8-4-6-10-14-18-26-34-28-19-23-31(29-34)21-15-11-7-3-1/h19-20,23-24,29-30H,1-18,21-22,25-28H2. The lowest BCUT2D eigenvalue weighted by Crippen LogP contribution is -2.21. The first-order valence-electron chi connectivity index (χ1n) is 15.1. The van der Waals surface area contributed by atoms with Crippen LogP contribution in [0.3, 0.4) is 0 Å². The molecule has 0 unspecified atom stereocenters. The van der Waals surface area contributed by atoms with Gasteiger partial charge in [-0.1, -0.05) is 114 Å². The fraction of sp³-hybridized carbons (Fsp3) is 0.750. The third-order valence-corrected chi connectivity index (χ3v) is 7.86. The van der Waals surface area contributed by atoms with Crippen LogP contribution in [0.5, 0.6) is 0 Å². The quantitative estimate of drug-likeness (QED) is 0.351. The van der Waals surface area contributed by atoms with E-state index in [0.29, 0.717) is 0 Å². The topological polar surface area (TPSA) is 6.48 Å². The normalized spacial score (nSPS) is 24.0. The minimum Gasteiger partial charge on any atom is -0.373 e. The summed E-state index contributed by atoms with van der Waals surface area (Å²) in [5.74, 6) is 0. The zero-order valence-corrected chi connectivity index (χ0v) is 22.3. The highest BCUT2D eigenvalue weighted by atomic mass is 15.1. The number of hydrogen-bond acceptors (Lipinski definition) is 2. The maximum absolute atomic E-state index is 2.56. The van der Waals surface area contributed by atoms with Crippen molar-refractivity contribution < 1.29 is 0 Å². The molecule has 0 aromatic rings. The third kappa shape index (κ3) is 12.3. The predicted molar refractivity (Wildman–Crippen MR) is 150 cm³/mol. The van der Waals surface area contributed by atoms with E-state index in [1.165, 1.54) is 142 Å². The van der Waals surface area contributed by atoms with Gasteiger partial charge in [0.25, 0.3) is 0 Å². The summed E-state index contributed by atoms with van der Waals surface area (Å²) < 4.78 is 0. The Morgan fingerprint density at radius 2 is 0.706 bits per heavy atom. The molecular weight excluding hydrogens is 412 g/mol. The molecule has 0 aromatic carbocycles. The first-order chi connectivity index (χ1) is 16.9. The van der Waals surface area contributed by atoms with Crippen LogP contribution >= 0.6 is 0 Å². The molecule has 3 aliphatic heterocycles. The van der Waals surface area contributed by atoms with Crippen LogP contribution in [0.4, 0.5) is 0 Å². The van der Waals surface area contributed by atoms with Gasteiger partial charge in [-0.3, -0.25) is 0 Å². The van der Waals surface area contributed by atoms with Crippen LogP contribution in [0.2, 0.25) is 0 Å². The number of hydrogen-bond donors (Lipinski definition) is 0. The molecule has 0 atom stereocenters. The maximum atomic E-state index is 2.56. The van der Waals surface area contributed by atoms with Gasteiger partial charge in [0, 0.05) is 38.6 Å². The number of rotatable bonds is 0. The van der Waals surface area contributed by atoms with Gasteiger partial charge < -0.3 is 9.80 Å². The van der Waals surface area contributed by atoms with Gasteiger partial charge in [-0.05, 0) is 49.7 Å². The van der Waals surface area contributed by atoms with Crippen LogP contribution in [0.15, 0.2) is 47.9 Å². The zero-order chi connectivity index (χ0) is 23.5. The fourth-order valence-electron chi connectivity index (χ4n) is 5.71. The van der Waals surface area contributed by atoms with Gasteiger partial charge in [-0.2, -0.15) is 0 Å². The summed E-state index contributed by atoms with van der Waals surface area (Å²) >= 11 is 0. The molecule has 0 aromatic heterocycles. The van der Waals surface area contributed by atoms with Crippen LogP contribution in [0.25, 0.3) is 0 Å². The van der Waals surface area contributed by atoms with Crippen molar-refractivity contribution >= 4 is 0 Å². The smallest absolute Gasteiger partial charge is 0.0357 e. The van der Waals surface area contributed by atoms with Crippen LogP contribution < -0.4 is 0 Å². The molecule has 3 rings (SSSR count). The van der Waals surface area contributed by atoms with Gasteiger partial charge in [0.2, 0.25) is 0 Å². The highest BCUT2D eigenvalue weighted by molar-refractivity contribution is 5.22. The molecule has 3 aliphatic rings. The Morgan fingerprint density at radius 1 is 0.382 bits per heavy atom. The molecule has 0 saturated carbocycles. The Labute approximate surface area is 212 Å². The summed E-state index contributed by atoms with van der Waals surface area (Å²) in [6.07, 6.45) is 42.4. The molecule has 34 heavy (non-hydrogen) atoms. The van der Waals surface area contributed by atoms with E-state index in [1.807, 2.05) is 0 Å². The SMILES string of the molecule is C1=CC2=CN(C1)CCCCCCCCCCCCC1=CN(CC=C1)CCCCCCCCCC2. The fourth-order valence-corrected chi connectivity index (χ4v) is 5.71.